The highest BCUT2D eigenvalue weighted by atomic mass is 16.5. The summed E-state index contributed by atoms with van der Waals surface area (Å²) < 4.78 is 5.23. The van der Waals surface area contributed by atoms with Gasteiger partial charge in [0, 0.05) is 6.20 Å². The van der Waals surface area contributed by atoms with E-state index in [2.05, 4.69) is 17.1 Å². The van der Waals surface area contributed by atoms with Crippen LogP contribution in [0.3, 0.4) is 0 Å². The molecule has 2 bridgehead atoms. The molecule has 0 aromatic carbocycles. The van der Waals surface area contributed by atoms with E-state index in [9.17, 15) is 9.59 Å². The number of carbonyl (C=O) groups is 2. The van der Waals surface area contributed by atoms with Crippen LogP contribution >= 0.6 is 0 Å². The number of fused-ring (bicyclic) bond motifs is 2. The molecule has 0 aliphatic heterocycles. The van der Waals surface area contributed by atoms with E-state index in [4.69, 9.17) is 9.84 Å². The SMILES string of the molecule is O=C(O)c1ncccc1OC(=O)C1C[C@H]2C=C[C@@H]1C2. The molecule has 1 unspecified atom stereocenters. The van der Waals surface area contributed by atoms with Gasteiger partial charge in [-0.1, -0.05) is 12.2 Å². The van der Waals surface area contributed by atoms with Gasteiger partial charge in [0.2, 0.25) is 0 Å². The van der Waals surface area contributed by atoms with Crippen LogP contribution in [0.4, 0.5) is 0 Å². The van der Waals surface area contributed by atoms with Crippen LogP contribution in [0.1, 0.15) is 23.3 Å². The highest BCUT2D eigenvalue weighted by Crippen LogP contribution is 2.44. The Morgan fingerprint density at radius 2 is 2.16 bits per heavy atom. The first-order chi connectivity index (χ1) is 9.15. The Morgan fingerprint density at radius 1 is 1.32 bits per heavy atom. The van der Waals surface area contributed by atoms with Crippen LogP contribution in [0.15, 0.2) is 30.5 Å². The van der Waals surface area contributed by atoms with Crippen LogP contribution in [0.5, 0.6) is 5.75 Å². The van der Waals surface area contributed by atoms with Crippen LogP contribution in [-0.4, -0.2) is 22.0 Å². The second-order valence-electron chi connectivity index (χ2n) is 4.96. The van der Waals surface area contributed by atoms with E-state index in [0.29, 0.717) is 5.92 Å². The van der Waals surface area contributed by atoms with E-state index in [1.165, 1.54) is 12.3 Å². The lowest BCUT2D eigenvalue weighted by Gasteiger charge is -2.16. The molecule has 5 heteroatoms. The van der Waals surface area contributed by atoms with E-state index in [-0.39, 0.29) is 29.2 Å². The van der Waals surface area contributed by atoms with E-state index in [1.807, 2.05) is 0 Å². The lowest BCUT2D eigenvalue weighted by atomic mass is 9.94. The molecular weight excluding hydrogens is 246 g/mol. The number of hydrogen-bond donors (Lipinski definition) is 1. The number of pyridine rings is 1. The average molecular weight is 259 g/mol. The van der Waals surface area contributed by atoms with Crippen molar-refractivity contribution in [3.8, 4) is 5.75 Å². The van der Waals surface area contributed by atoms with Crippen LogP contribution in [-0.2, 0) is 4.79 Å². The van der Waals surface area contributed by atoms with Crippen LogP contribution in [0, 0.1) is 17.8 Å². The molecule has 19 heavy (non-hydrogen) atoms. The zero-order valence-corrected chi connectivity index (χ0v) is 10.2. The van der Waals surface area contributed by atoms with Crippen molar-refractivity contribution in [3.63, 3.8) is 0 Å². The topological polar surface area (TPSA) is 76.5 Å². The highest BCUT2D eigenvalue weighted by molar-refractivity contribution is 5.90. The third-order valence-electron chi connectivity index (χ3n) is 3.77. The molecule has 1 N–H and O–H groups in total. The Kier molecular flexibility index (Phi) is 2.81. The minimum absolute atomic E-state index is 0.0201. The van der Waals surface area contributed by atoms with Gasteiger partial charge in [-0.15, -0.1) is 0 Å². The fourth-order valence-corrected chi connectivity index (χ4v) is 2.87. The Morgan fingerprint density at radius 3 is 2.79 bits per heavy atom. The molecule has 1 aromatic heterocycles. The van der Waals surface area contributed by atoms with Crippen molar-refractivity contribution < 1.29 is 19.4 Å². The van der Waals surface area contributed by atoms with Crippen molar-refractivity contribution in [2.24, 2.45) is 17.8 Å². The fourth-order valence-electron chi connectivity index (χ4n) is 2.87. The third kappa shape index (κ3) is 2.12. The Labute approximate surface area is 109 Å². The van der Waals surface area contributed by atoms with Gasteiger partial charge in [0.15, 0.2) is 11.4 Å². The maximum atomic E-state index is 12.1. The second-order valence-corrected chi connectivity index (χ2v) is 4.96. The van der Waals surface area contributed by atoms with Crippen molar-refractivity contribution in [1.29, 1.82) is 0 Å². The Balaban J connectivity index is 1.77. The summed E-state index contributed by atoms with van der Waals surface area (Å²) >= 11 is 0. The molecular formula is C14H13NO4. The molecule has 0 spiro atoms. The minimum atomic E-state index is -1.20. The predicted molar refractivity (Wildman–Crippen MR) is 65.7 cm³/mol. The lowest BCUT2D eigenvalue weighted by Crippen LogP contribution is -2.24. The molecule has 1 saturated carbocycles. The van der Waals surface area contributed by atoms with Gasteiger partial charge >= 0.3 is 11.9 Å². The second kappa shape index (κ2) is 4.50. The molecule has 0 amide bonds. The summed E-state index contributed by atoms with van der Waals surface area (Å²) in [6, 6.07) is 3.01. The lowest BCUT2D eigenvalue weighted by molar-refractivity contribution is -0.139. The monoisotopic (exact) mass is 259 g/mol. The Bertz CT molecular complexity index is 566. The maximum Gasteiger partial charge on any atom is 0.358 e. The summed E-state index contributed by atoms with van der Waals surface area (Å²) in [6.07, 6.45) is 7.35. The number of aromatic carboxylic acids is 1. The van der Waals surface area contributed by atoms with Gasteiger partial charge in [0.05, 0.1) is 5.92 Å². The summed E-state index contributed by atoms with van der Waals surface area (Å²) in [4.78, 5) is 26.8. The number of esters is 1. The number of carboxylic acids is 1. The normalized spacial score (nSPS) is 27.5. The van der Waals surface area contributed by atoms with E-state index in [1.54, 1.807) is 6.07 Å². The number of hydrogen-bond acceptors (Lipinski definition) is 4. The van der Waals surface area contributed by atoms with Gasteiger partial charge in [-0.25, -0.2) is 9.78 Å². The zero-order chi connectivity index (χ0) is 13.4. The zero-order valence-electron chi connectivity index (χ0n) is 10.2. The van der Waals surface area contributed by atoms with Crippen molar-refractivity contribution in [2.75, 3.05) is 0 Å². The van der Waals surface area contributed by atoms with E-state index >= 15 is 0 Å². The maximum absolute atomic E-state index is 12.1. The van der Waals surface area contributed by atoms with Gasteiger partial charge in [0.1, 0.15) is 0 Å². The van der Waals surface area contributed by atoms with E-state index in [0.717, 1.165) is 12.8 Å². The molecule has 0 saturated heterocycles. The number of nitrogens with zero attached hydrogens (tertiary/aromatic N) is 1. The van der Waals surface area contributed by atoms with E-state index < -0.39 is 5.97 Å². The van der Waals surface area contributed by atoms with Gasteiger partial charge in [-0.3, -0.25) is 4.79 Å². The van der Waals surface area contributed by atoms with Gasteiger partial charge < -0.3 is 9.84 Å². The predicted octanol–water partition coefficient (Wildman–Crippen LogP) is 1.90. The molecule has 2 aliphatic rings. The smallest absolute Gasteiger partial charge is 0.358 e. The number of allylic oxidation sites excluding steroid dienone is 2. The summed E-state index contributed by atoms with van der Waals surface area (Å²) in [5.41, 5.74) is -0.227. The number of carboxylic acid groups (broad SMARTS) is 1. The standard InChI is InChI=1S/C14H13NO4/c16-13(17)12-11(2-1-5-15-12)19-14(18)10-7-8-3-4-9(10)6-8/h1-5,8-10H,6-7H2,(H,16,17)/t8-,9+,10?/m0/s1. The molecule has 1 heterocycles. The quantitative estimate of drug-likeness (QED) is 0.662. The first kappa shape index (κ1) is 11.9. The van der Waals surface area contributed by atoms with Crippen LogP contribution < -0.4 is 4.74 Å². The molecule has 3 atom stereocenters. The van der Waals surface area contributed by atoms with Crippen molar-refractivity contribution in [1.82, 2.24) is 4.98 Å². The van der Waals surface area contributed by atoms with Gasteiger partial charge in [-0.2, -0.15) is 0 Å². The summed E-state index contributed by atoms with van der Waals surface area (Å²) in [5.74, 6) is -0.981. The van der Waals surface area contributed by atoms with Crippen molar-refractivity contribution in [3.05, 3.63) is 36.2 Å². The summed E-state index contributed by atoms with van der Waals surface area (Å²) in [5, 5.41) is 8.98. The summed E-state index contributed by atoms with van der Waals surface area (Å²) in [7, 11) is 0. The minimum Gasteiger partial charge on any atom is -0.476 e. The number of aromatic nitrogens is 1. The molecule has 5 nitrogen and oxygen atoms in total. The number of carbonyl (C=O) groups excluding carboxylic acids is 1. The average Bonchev–Trinajstić information content (AvgIpc) is 3.01. The highest BCUT2D eigenvalue weighted by Gasteiger charge is 2.41. The van der Waals surface area contributed by atoms with Gasteiger partial charge in [0.25, 0.3) is 0 Å². The molecule has 1 fully saturated rings. The van der Waals surface area contributed by atoms with Crippen molar-refractivity contribution >= 4 is 11.9 Å². The third-order valence-corrected chi connectivity index (χ3v) is 3.77. The molecule has 3 rings (SSSR count). The van der Waals surface area contributed by atoms with Gasteiger partial charge in [-0.05, 0) is 36.8 Å². The fraction of sp³-hybridized carbons (Fsp3) is 0.357. The first-order valence-electron chi connectivity index (χ1n) is 6.23. The molecule has 0 radical (unpaired) electrons. The molecule has 2 aliphatic carbocycles. The molecule has 98 valence electrons. The molecule has 1 aromatic rings. The first-order valence-corrected chi connectivity index (χ1v) is 6.23. The van der Waals surface area contributed by atoms with Crippen LogP contribution in [0.25, 0.3) is 0 Å². The summed E-state index contributed by atoms with van der Waals surface area (Å²) in [6.45, 7) is 0. The largest absolute Gasteiger partial charge is 0.476 e. The number of ether oxygens (including phenoxy) is 1. The van der Waals surface area contributed by atoms with Crippen molar-refractivity contribution in [2.45, 2.75) is 12.8 Å². The van der Waals surface area contributed by atoms with Crippen LogP contribution in [0.2, 0.25) is 0 Å². The number of rotatable bonds is 3. The Hall–Kier alpha value is -2.17.